The minimum absolute atomic E-state index is 0.299. The third-order valence-corrected chi connectivity index (χ3v) is 9.23. The molecule has 10 heteroatoms. The van der Waals surface area contributed by atoms with Gasteiger partial charge in [0.05, 0.1) is 24.3 Å². The lowest BCUT2D eigenvalue weighted by atomic mass is 9.96. The minimum Gasteiger partial charge on any atom is -0.497 e. The van der Waals surface area contributed by atoms with Gasteiger partial charge >= 0.3 is 5.97 Å². The highest BCUT2D eigenvalue weighted by molar-refractivity contribution is 7.99. The number of nitrogens with one attached hydrogen (secondary N) is 1. The van der Waals surface area contributed by atoms with Gasteiger partial charge in [0.2, 0.25) is 5.96 Å². The highest BCUT2D eigenvalue weighted by atomic mass is 32.2. The normalized spacial score (nSPS) is 13.7. The molecule has 0 radical (unpaired) electrons. The van der Waals surface area contributed by atoms with Crippen LogP contribution in [-0.2, 0) is 9.53 Å². The number of ether oxygens (including phenoxy) is 2. The van der Waals surface area contributed by atoms with Crippen LogP contribution in [0.3, 0.4) is 0 Å². The molecule has 1 aliphatic heterocycles. The first-order valence-electron chi connectivity index (χ1n) is 14.8. The number of hydrogen-bond acceptors (Lipinski definition) is 8. The van der Waals surface area contributed by atoms with Gasteiger partial charge in [0, 0.05) is 52.9 Å². The molecule has 3 aromatic carbocycles. The van der Waals surface area contributed by atoms with Crippen LogP contribution in [0.2, 0.25) is 0 Å². The third-order valence-electron chi connectivity index (χ3n) is 7.26. The van der Waals surface area contributed by atoms with E-state index in [9.17, 15) is 4.79 Å². The number of rotatable bonds is 8. The van der Waals surface area contributed by atoms with Crippen molar-refractivity contribution in [2.75, 3.05) is 43.6 Å². The summed E-state index contributed by atoms with van der Waals surface area (Å²) in [6.45, 7) is 3.79. The average molecular weight is 636 g/mol. The summed E-state index contributed by atoms with van der Waals surface area (Å²) in [6, 6.07) is 28.1. The van der Waals surface area contributed by atoms with Crippen molar-refractivity contribution >= 4 is 62.7 Å². The quantitative estimate of drug-likeness (QED) is 0.0801. The van der Waals surface area contributed by atoms with Crippen LogP contribution in [0.15, 0.2) is 96.0 Å². The summed E-state index contributed by atoms with van der Waals surface area (Å²) in [5.41, 5.74) is 5.28. The van der Waals surface area contributed by atoms with Crippen molar-refractivity contribution in [2.24, 2.45) is 4.99 Å². The monoisotopic (exact) mass is 635 g/mol. The van der Waals surface area contributed by atoms with E-state index in [0.29, 0.717) is 6.61 Å². The highest BCUT2D eigenvalue weighted by Gasteiger charge is 2.24. The maximum atomic E-state index is 12.4. The lowest BCUT2D eigenvalue weighted by Crippen LogP contribution is -2.41. The van der Waals surface area contributed by atoms with Gasteiger partial charge in [-0.2, -0.15) is 11.8 Å². The number of guanidine groups is 1. The van der Waals surface area contributed by atoms with E-state index >= 15 is 0 Å². The van der Waals surface area contributed by atoms with Crippen LogP contribution in [0, 0.1) is 0 Å². The molecule has 1 aliphatic rings. The fourth-order valence-corrected chi connectivity index (χ4v) is 6.97. The van der Waals surface area contributed by atoms with E-state index in [1.165, 1.54) is 17.4 Å². The van der Waals surface area contributed by atoms with Crippen LogP contribution < -0.4 is 10.1 Å². The van der Waals surface area contributed by atoms with Crippen molar-refractivity contribution < 1.29 is 14.3 Å². The van der Waals surface area contributed by atoms with Gasteiger partial charge in [0.15, 0.2) is 0 Å². The van der Waals surface area contributed by atoms with Crippen LogP contribution in [0.1, 0.15) is 11.8 Å². The molecule has 2 aromatic heterocycles. The molecule has 6 rings (SSSR count). The van der Waals surface area contributed by atoms with E-state index < -0.39 is 5.97 Å². The van der Waals surface area contributed by atoms with Gasteiger partial charge in [-0.25, -0.2) is 9.79 Å². The molecule has 0 bridgehead atoms. The van der Waals surface area contributed by atoms with E-state index in [1.807, 2.05) is 84.6 Å². The van der Waals surface area contributed by atoms with Crippen molar-refractivity contribution in [2.45, 2.75) is 6.92 Å². The molecular formula is C35H33N5O3S2. The molecular weight excluding hydrogens is 603 g/mol. The number of thioether (sulfide) groups is 1. The summed E-state index contributed by atoms with van der Waals surface area (Å²) in [5.74, 6) is 3.10. The zero-order valence-electron chi connectivity index (χ0n) is 25.1. The molecule has 1 N–H and O–H groups in total. The van der Waals surface area contributed by atoms with E-state index in [4.69, 9.17) is 24.7 Å². The maximum absolute atomic E-state index is 12.4. The predicted octanol–water partition coefficient (Wildman–Crippen LogP) is 7.76. The predicted molar refractivity (Wildman–Crippen MR) is 187 cm³/mol. The van der Waals surface area contributed by atoms with Gasteiger partial charge < -0.3 is 19.7 Å². The Balaban J connectivity index is 1.61. The van der Waals surface area contributed by atoms with E-state index in [1.54, 1.807) is 20.1 Å². The molecule has 0 spiro atoms. The van der Waals surface area contributed by atoms with Gasteiger partial charge in [-0.05, 0) is 42.8 Å². The maximum Gasteiger partial charge on any atom is 0.330 e. The first kappa shape index (κ1) is 30.4. The average Bonchev–Trinajstić information content (AvgIpc) is 3.45. The smallest absolute Gasteiger partial charge is 0.330 e. The number of carbonyl (C=O) groups excluding carboxylic acids is 1. The summed E-state index contributed by atoms with van der Waals surface area (Å²) in [4.78, 5) is 21.6. The molecule has 8 nitrogen and oxygen atoms in total. The second-order valence-corrected chi connectivity index (χ2v) is 12.4. The Kier molecular flexibility index (Phi) is 9.72. The number of carbonyl (C=O) groups is 1. The van der Waals surface area contributed by atoms with E-state index in [-0.39, 0.29) is 0 Å². The number of thiophene rings is 1. The standard InChI is InChI=1S/C35H33N5O3S2/c1-3-43-29(41)19-18-28-33(37-35(40-20-22-44-23-21-40)36-26-14-16-27(42-2)17-15-26)31-30(24-10-6-4-7-11-24)32(38-39-34(31)45-28)25-12-8-5-9-13-25/h4-19H,3,20-23H2,1-2H3,(H,36,37)/b19-18+. The van der Waals surface area contributed by atoms with Crippen LogP contribution in [-0.4, -0.2) is 65.3 Å². The molecule has 1 fully saturated rings. The largest absolute Gasteiger partial charge is 0.497 e. The van der Waals surface area contributed by atoms with Crippen molar-refractivity contribution in [1.29, 1.82) is 0 Å². The number of anilines is 1. The Morgan fingerprint density at radius 3 is 2.31 bits per heavy atom. The summed E-state index contributed by atoms with van der Waals surface area (Å²) < 4.78 is 10.6. The first-order chi connectivity index (χ1) is 22.1. The summed E-state index contributed by atoms with van der Waals surface area (Å²) in [6.07, 6.45) is 3.23. The Hall–Kier alpha value is -4.67. The number of benzene rings is 3. The number of fused-ring (bicyclic) bond motifs is 1. The Bertz CT molecular complexity index is 1820. The Labute approximate surface area is 270 Å². The van der Waals surface area contributed by atoms with Gasteiger partial charge in [0.25, 0.3) is 0 Å². The molecule has 228 valence electrons. The number of aliphatic imine (C=N–C) groups is 1. The molecule has 0 atom stereocenters. The Morgan fingerprint density at radius 1 is 0.956 bits per heavy atom. The number of aromatic nitrogens is 2. The highest BCUT2D eigenvalue weighted by Crippen LogP contribution is 2.46. The van der Waals surface area contributed by atoms with Crippen LogP contribution in [0.5, 0.6) is 5.75 Å². The lowest BCUT2D eigenvalue weighted by Gasteiger charge is -2.30. The van der Waals surface area contributed by atoms with E-state index in [2.05, 4.69) is 22.3 Å². The lowest BCUT2D eigenvalue weighted by molar-refractivity contribution is -0.137. The van der Waals surface area contributed by atoms with Crippen molar-refractivity contribution in [3.8, 4) is 28.1 Å². The van der Waals surface area contributed by atoms with Crippen molar-refractivity contribution in [3.05, 3.63) is 95.9 Å². The zero-order valence-corrected chi connectivity index (χ0v) is 26.7. The summed E-state index contributed by atoms with van der Waals surface area (Å²) >= 11 is 3.39. The molecule has 5 aromatic rings. The molecule has 45 heavy (non-hydrogen) atoms. The second kappa shape index (κ2) is 14.4. The number of esters is 1. The fraction of sp³-hybridized carbons (Fsp3) is 0.200. The molecule has 1 saturated heterocycles. The first-order valence-corrected chi connectivity index (χ1v) is 16.7. The number of nitrogens with zero attached hydrogens (tertiary/aromatic N) is 4. The second-order valence-electron chi connectivity index (χ2n) is 10.1. The van der Waals surface area contributed by atoms with Gasteiger partial charge in [0.1, 0.15) is 16.3 Å². The molecule has 0 saturated carbocycles. The fourth-order valence-electron chi connectivity index (χ4n) is 5.09. The molecule has 0 amide bonds. The van der Waals surface area contributed by atoms with Crippen molar-refractivity contribution in [1.82, 2.24) is 15.1 Å². The molecule has 3 heterocycles. The minimum atomic E-state index is -0.408. The Morgan fingerprint density at radius 2 is 1.64 bits per heavy atom. The number of hydrogen-bond donors (Lipinski definition) is 1. The van der Waals surface area contributed by atoms with E-state index in [0.717, 1.165) is 85.2 Å². The molecule has 0 aliphatic carbocycles. The van der Waals surface area contributed by atoms with Gasteiger partial charge in [-0.15, -0.1) is 21.5 Å². The topological polar surface area (TPSA) is 88.9 Å². The SMILES string of the molecule is CCOC(=O)/C=C/c1sc2nnc(-c3ccccc3)c(-c3ccccc3)c2c1N=C(Nc1ccc(OC)cc1)N1CCSCC1. The summed E-state index contributed by atoms with van der Waals surface area (Å²) in [7, 11) is 1.66. The van der Waals surface area contributed by atoms with Crippen LogP contribution in [0.25, 0.3) is 38.7 Å². The van der Waals surface area contributed by atoms with Gasteiger partial charge in [-0.1, -0.05) is 60.7 Å². The zero-order chi connectivity index (χ0) is 31.0. The van der Waals surface area contributed by atoms with Crippen LogP contribution >= 0.6 is 23.1 Å². The van der Waals surface area contributed by atoms with Gasteiger partial charge in [-0.3, -0.25) is 0 Å². The molecule has 0 unspecified atom stereocenters. The van der Waals surface area contributed by atoms with Crippen molar-refractivity contribution in [3.63, 3.8) is 0 Å². The number of methoxy groups -OCH3 is 1. The third kappa shape index (κ3) is 7.02. The summed E-state index contributed by atoms with van der Waals surface area (Å²) in [5, 5.41) is 13.9. The van der Waals surface area contributed by atoms with Crippen LogP contribution in [0.4, 0.5) is 11.4 Å².